The molecule has 3 heterocycles. The van der Waals surface area contributed by atoms with Crippen LogP contribution >= 0.6 is 22.6 Å². The predicted octanol–water partition coefficient (Wildman–Crippen LogP) is 1.24. The van der Waals surface area contributed by atoms with Crippen LogP contribution in [0.5, 0.6) is 0 Å². The minimum absolute atomic E-state index is 0.124. The van der Waals surface area contributed by atoms with Crippen LogP contribution in [-0.4, -0.2) is 51.0 Å². The lowest BCUT2D eigenvalue weighted by molar-refractivity contribution is -0.151. The van der Waals surface area contributed by atoms with Gasteiger partial charge in [0.1, 0.15) is 30.2 Å². The van der Waals surface area contributed by atoms with Crippen molar-refractivity contribution in [3.8, 4) is 0 Å². The van der Waals surface area contributed by atoms with E-state index in [1.807, 2.05) is 22.6 Å². The van der Waals surface area contributed by atoms with Gasteiger partial charge in [-0.1, -0.05) is 0 Å². The van der Waals surface area contributed by atoms with E-state index in [2.05, 4.69) is 15.6 Å². The van der Waals surface area contributed by atoms with Crippen molar-refractivity contribution < 1.29 is 23.4 Å². The smallest absolute Gasteiger partial charge is 0.310 e. The normalized spacial score (nSPS) is 16.4. The van der Waals surface area contributed by atoms with Gasteiger partial charge < -0.3 is 20.5 Å². The van der Waals surface area contributed by atoms with Gasteiger partial charge in [0.25, 0.3) is 11.1 Å². The second-order valence-corrected chi connectivity index (χ2v) is 9.42. The van der Waals surface area contributed by atoms with Gasteiger partial charge in [-0.2, -0.15) is 4.39 Å². The average Bonchev–Trinajstić information content (AvgIpc) is 3.37. The molecule has 0 spiro atoms. The highest BCUT2D eigenvalue weighted by molar-refractivity contribution is 14.1. The first kappa shape index (κ1) is 25.2. The van der Waals surface area contributed by atoms with Crippen LogP contribution in [0.4, 0.5) is 20.2 Å². The van der Waals surface area contributed by atoms with Crippen molar-refractivity contribution in [2.75, 3.05) is 25.0 Å². The van der Waals surface area contributed by atoms with E-state index in [1.165, 1.54) is 19.2 Å². The van der Waals surface area contributed by atoms with Crippen LogP contribution in [0, 0.1) is 21.1 Å². The Bertz CT molecular complexity index is 1400. The van der Waals surface area contributed by atoms with Crippen molar-refractivity contribution in [2.45, 2.75) is 19.1 Å². The van der Waals surface area contributed by atoms with E-state index in [4.69, 9.17) is 4.74 Å². The Kier molecular flexibility index (Phi) is 7.47. The maximum absolute atomic E-state index is 15.0. The number of ether oxygens (including phenoxy) is 1. The molecule has 2 atom stereocenters. The molecule has 0 saturated carbocycles. The van der Waals surface area contributed by atoms with Crippen LogP contribution in [0.3, 0.4) is 0 Å². The van der Waals surface area contributed by atoms with Gasteiger partial charge >= 0.3 is 5.97 Å². The molecule has 4 rings (SSSR count). The fourth-order valence-corrected chi connectivity index (χ4v) is 4.27. The summed E-state index contributed by atoms with van der Waals surface area (Å²) in [6.07, 6.45) is 0.501. The Morgan fingerprint density at radius 2 is 2.14 bits per heavy atom. The third kappa shape index (κ3) is 5.21. The number of hydrogen-bond donors (Lipinski definition) is 3. The van der Waals surface area contributed by atoms with Gasteiger partial charge in [0.2, 0.25) is 5.82 Å². The molecule has 0 aliphatic carbocycles. The van der Waals surface area contributed by atoms with Gasteiger partial charge in [0, 0.05) is 17.2 Å². The molecule has 35 heavy (non-hydrogen) atoms. The minimum Gasteiger partial charge on any atom is -0.463 e. The molecule has 2 aromatic heterocycles. The number of benzene rings is 1. The number of aliphatic hydroxyl groups excluding tert-OH is 1. The molecule has 1 aliphatic heterocycles. The van der Waals surface area contributed by atoms with Crippen LogP contribution < -0.4 is 21.8 Å². The molecule has 186 valence electrons. The Hall–Kier alpha value is -2.91. The summed E-state index contributed by atoms with van der Waals surface area (Å²) in [6.45, 7) is 0.562. The Morgan fingerprint density at radius 1 is 1.37 bits per heavy atom. The number of rotatable bonds is 7. The second-order valence-electron chi connectivity index (χ2n) is 8.18. The summed E-state index contributed by atoms with van der Waals surface area (Å²) >= 11 is 1.91. The van der Waals surface area contributed by atoms with E-state index in [1.54, 1.807) is 6.07 Å². The molecule has 3 aromatic rings. The zero-order valence-corrected chi connectivity index (χ0v) is 20.7. The van der Waals surface area contributed by atoms with Gasteiger partial charge in [0.15, 0.2) is 5.65 Å². The first-order valence-electron chi connectivity index (χ1n) is 10.7. The summed E-state index contributed by atoms with van der Waals surface area (Å²) in [4.78, 5) is 41.8. The topological polar surface area (TPSA) is 127 Å². The number of nitrogens with one attached hydrogen (secondary N) is 2. The number of halogens is 3. The molecule has 1 fully saturated rings. The zero-order chi connectivity index (χ0) is 25.3. The van der Waals surface area contributed by atoms with Gasteiger partial charge in [-0.3, -0.25) is 23.5 Å². The number of fused-ring (bicyclic) bond motifs is 1. The Morgan fingerprint density at radius 3 is 2.83 bits per heavy atom. The number of esters is 1. The Balaban J connectivity index is 1.66. The van der Waals surface area contributed by atoms with Crippen LogP contribution in [0.25, 0.3) is 11.0 Å². The highest BCUT2D eigenvalue weighted by atomic mass is 127. The first-order chi connectivity index (χ1) is 16.7. The fourth-order valence-electron chi connectivity index (χ4n) is 3.82. The lowest BCUT2D eigenvalue weighted by atomic mass is 10.1. The van der Waals surface area contributed by atoms with E-state index >= 15 is 4.39 Å². The number of aryl methyl sites for hydroxylation is 1. The summed E-state index contributed by atoms with van der Waals surface area (Å²) in [5.74, 6) is -2.72. The van der Waals surface area contributed by atoms with E-state index in [0.29, 0.717) is 23.1 Å². The summed E-state index contributed by atoms with van der Waals surface area (Å²) in [5.41, 5.74) is -2.61. The monoisotopic (exact) mass is 601 g/mol. The molecular formula is C22H22F2IN5O5. The molecule has 0 bridgehead atoms. The third-order valence-electron chi connectivity index (χ3n) is 5.71. The van der Waals surface area contributed by atoms with Crippen molar-refractivity contribution in [3.63, 3.8) is 0 Å². The molecule has 1 saturated heterocycles. The Labute approximate surface area is 211 Å². The van der Waals surface area contributed by atoms with Crippen LogP contribution in [-0.2, 0) is 23.1 Å². The standard InChI is InChI=1S/C22H22F2IN5O5/c1-29-19-16(18(17(24)21(29)33)28-15-3-2-12(25)6-14(15)23)20(32)30(10-27-19)8-13(31)9-35-22(34)11-4-5-26-7-11/h2-3,6,10-11,13,26,28,31H,4-5,7-9H2,1H3/t11-,13+/m1/s1. The number of carbonyl (C=O) groups is 1. The summed E-state index contributed by atoms with van der Waals surface area (Å²) in [7, 11) is 1.26. The highest BCUT2D eigenvalue weighted by Crippen LogP contribution is 2.26. The van der Waals surface area contributed by atoms with Crippen molar-refractivity contribution in [3.05, 3.63) is 60.4 Å². The first-order valence-corrected chi connectivity index (χ1v) is 11.8. The molecule has 1 aliphatic rings. The number of hydrogen-bond acceptors (Lipinski definition) is 8. The summed E-state index contributed by atoms with van der Waals surface area (Å²) in [6, 6.07) is 4.13. The number of pyridine rings is 1. The SMILES string of the molecule is Cn1c(=O)c(F)c(Nc2ccc(I)cc2F)c2c(=O)n(C[C@H](O)COC(=O)[C@@H]3CCNC3)cnc21. The van der Waals surface area contributed by atoms with E-state index in [0.717, 1.165) is 15.5 Å². The lowest BCUT2D eigenvalue weighted by Gasteiger charge is -2.17. The van der Waals surface area contributed by atoms with Gasteiger partial charge in [-0.05, 0) is 53.8 Å². The van der Waals surface area contributed by atoms with Gasteiger partial charge in [0.05, 0.1) is 23.8 Å². The lowest BCUT2D eigenvalue weighted by Crippen LogP contribution is -2.33. The van der Waals surface area contributed by atoms with Gasteiger partial charge in [-0.25, -0.2) is 9.37 Å². The zero-order valence-electron chi connectivity index (χ0n) is 18.6. The number of carbonyl (C=O) groups excluding carboxylic acids is 1. The largest absolute Gasteiger partial charge is 0.463 e. The molecule has 0 unspecified atom stereocenters. The maximum Gasteiger partial charge on any atom is 0.310 e. The second kappa shape index (κ2) is 10.4. The van der Waals surface area contributed by atoms with E-state index in [9.17, 15) is 23.9 Å². The molecular weight excluding hydrogens is 579 g/mol. The highest BCUT2D eigenvalue weighted by Gasteiger charge is 2.25. The van der Waals surface area contributed by atoms with Crippen LogP contribution in [0.15, 0.2) is 34.1 Å². The fraction of sp³-hybridized carbons (Fsp3) is 0.364. The average molecular weight is 601 g/mol. The van der Waals surface area contributed by atoms with Crippen LogP contribution in [0.2, 0.25) is 0 Å². The quantitative estimate of drug-likeness (QED) is 0.273. The third-order valence-corrected chi connectivity index (χ3v) is 6.38. The summed E-state index contributed by atoms with van der Waals surface area (Å²) < 4.78 is 37.1. The van der Waals surface area contributed by atoms with Crippen molar-refractivity contribution in [2.24, 2.45) is 13.0 Å². The van der Waals surface area contributed by atoms with Crippen molar-refractivity contribution in [1.29, 1.82) is 0 Å². The van der Waals surface area contributed by atoms with Gasteiger partial charge in [-0.15, -0.1) is 0 Å². The molecule has 0 radical (unpaired) electrons. The van der Waals surface area contributed by atoms with E-state index in [-0.39, 0.29) is 35.8 Å². The molecule has 10 nitrogen and oxygen atoms in total. The minimum atomic E-state index is -1.28. The van der Waals surface area contributed by atoms with E-state index < -0.39 is 40.5 Å². The number of aromatic nitrogens is 3. The van der Waals surface area contributed by atoms with Crippen LogP contribution in [0.1, 0.15) is 6.42 Å². The van der Waals surface area contributed by atoms with Crippen molar-refractivity contribution >= 4 is 51.0 Å². The molecule has 1 aromatic carbocycles. The molecule has 13 heteroatoms. The summed E-state index contributed by atoms with van der Waals surface area (Å²) in [5, 5.41) is 15.6. The molecule has 0 amide bonds. The predicted molar refractivity (Wildman–Crippen MR) is 132 cm³/mol. The number of anilines is 2. The number of aliphatic hydroxyl groups is 1. The van der Waals surface area contributed by atoms with Crippen molar-refractivity contribution in [1.82, 2.24) is 19.4 Å². The maximum atomic E-state index is 15.0. The number of nitrogens with zero attached hydrogens (tertiary/aromatic N) is 3. The molecule has 3 N–H and O–H groups in total.